The molecule has 1 rings (SSSR count). The lowest BCUT2D eigenvalue weighted by atomic mass is 10.1. The highest BCUT2D eigenvalue weighted by Crippen LogP contribution is 2.30. The Morgan fingerprint density at radius 2 is 2.19 bits per heavy atom. The number of aryl methyl sites for hydroxylation is 1. The second-order valence-corrected chi connectivity index (χ2v) is 3.38. The number of aromatic hydroxyl groups is 1. The number of rotatable bonds is 5. The number of methoxy groups -OCH3 is 1. The minimum absolute atomic E-state index is 0.0326. The molecular formula is C11H13FO4. The van der Waals surface area contributed by atoms with Crippen molar-refractivity contribution in [1.82, 2.24) is 0 Å². The summed E-state index contributed by atoms with van der Waals surface area (Å²) in [5, 5.41) is 17.7. The molecular weight excluding hydrogens is 215 g/mol. The lowest BCUT2D eigenvalue weighted by molar-refractivity contribution is -0.137. The number of hydrogen-bond donors (Lipinski definition) is 2. The van der Waals surface area contributed by atoms with Crippen molar-refractivity contribution in [2.24, 2.45) is 0 Å². The molecule has 4 nitrogen and oxygen atoms in total. The first-order valence-corrected chi connectivity index (χ1v) is 4.81. The van der Waals surface area contributed by atoms with Crippen LogP contribution in [0.2, 0.25) is 0 Å². The first kappa shape index (κ1) is 12.3. The van der Waals surface area contributed by atoms with E-state index in [4.69, 9.17) is 9.84 Å². The molecule has 1 aromatic carbocycles. The Labute approximate surface area is 92.3 Å². The molecule has 0 unspecified atom stereocenters. The first-order chi connectivity index (χ1) is 7.54. The van der Waals surface area contributed by atoms with E-state index in [9.17, 15) is 14.3 Å². The summed E-state index contributed by atoms with van der Waals surface area (Å²) in [5.41, 5.74) is 0.605. The largest absolute Gasteiger partial charge is 0.502 e. The number of benzene rings is 1. The van der Waals surface area contributed by atoms with Crippen LogP contribution in [0.15, 0.2) is 12.1 Å². The van der Waals surface area contributed by atoms with Crippen LogP contribution in [0.5, 0.6) is 11.5 Å². The van der Waals surface area contributed by atoms with Crippen molar-refractivity contribution in [1.29, 1.82) is 0 Å². The molecule has 0 radical (unpaired) electrons. The molecule has 0 aliphatic rings. The summed E-state index contributed by atoms with van der Waals surface area (Å²) >= 11 is 0. The first-order valence-electron chi connectivity index (χ1n) is 4.81. The van der Waals surface area contributed by atoms with Crippen LogP contribution >= 0.6 is 0 Å². The van der Waals surface area contributed by atoms with E-state index in [1.165, 1.54) is 19.2 Å². The van der Waals surface area contributed by atoms with Crippen molar-refractivity contribution in [3.8, 4) is 11.5 Å². The predicted octanol–water partition coefficient (Wildman–Crippen LogP) is 1.95. The third kappa shape index (κ3) is 3.12. The summed E-state index contributed by atoms with van der Waals surface area (Å²) in [4.78, 5) is 10.3. The Morgan fingerprint density at radius 3 is 2.75 bits per heavy atom. The van der Waals surface area contributed by atoms with E-state index < -0.39 is 17.5 Å². The zero-order valence-electron chi connectivity index (χ0n) is 8.86. The molecule has 0 aliphatic carbocycles. The average molecular weight is 228 g/mol. The highest BCUT2D eigenvalue weighted by molar-refractivity contribution is 5.66. The molecule has 0 amide bonds. The molecule has 1 aromatic rings. The maximum atomic E-state index is 13.2. The number of carboxylic acid groups (broad SMARTS) is 1. The van der Waals surface area contributed by atoms with Gasteiger partial charge >= 0.3 is 5.97 Å². The zero-order chi connectivity index (χ0) is 12.1. The van der Waals surface area contributed by atoms with Crippen LogP contribution in [0.3, 0.4) is 0 Å². The molecule has 0 atom stereocenters. The van der Waals surface area contributed by atoms with E-state index in [0.717, 1.165) is 0 Å². The molecule has 16 heavy (non-hydrogen) atoms. The fourth-order valence-electron chi connectivity index (χ4n) is 1.37. The van der Waals surface area contributed by atoms with Crippen molar-refractivity contribution in [3.63, 3.8) is 0 Å². The molecule has 0 bridgehead atoms. The van der Waals surface area contributed by atoms with E-state index in [1.54, 1.807) is 0 Å². The predicted molar refractivity (Wildman–Crippen MR) is 55.2 cm³/mol. The normalized spacial score (nSPS) is 10.1. The number of phenols is 1. The summed E-state index contributed by atoms with van der Waals surface area (Å²) in [7, 11) is 1.33. The van der Waals surface area contributed by atoms with Gasteiger partial charge in [0, 0.05) is 6.42 Å². The number of ether oxygens (including phenoxy) is 1. The van der Waals surface area contributed by atoms with E-state index in [1.807, 2.05) is 0 Å². The maximum absolute atomic E-state index is 13.2. The third-order valence-electron chi connectivity index (χ3n) is 2.16. The van der Waals surface area contributed by atoms with Crippen molar-refractivity contribution >= 4 is 5.97 Å². The molecule has 5 heteroatoms. The summed E-state index contributed by atoms with van der Waals surface area (Å²) in [5.74, 6) is -2.11. The molecule has 0 saturated heterocycles. The Kier molecular flexibility index (Phi) is 4.10. The lowest BCUT2D eigenvalue weighted by Gasteiger charge is -2.07. The van der Waals surface area contributed by atoms with Gasteiger partial charge in [0.05, 0.1) is 7.11 Å². The molecule has 0 fully saturated rings. The monoisotopic (exact) mass is 228 g/mol. The standard InChI is InChI=1S/C11H13FO4/c1-16-9-6-7(3-2-4-10(13)14)5-8(12)11(9)15/h5-6,15H,2-4H2,1H3,(H,13,14). The fraction of sp³-hybridized carbons (Fsp3) is 0.364. The Morgan fingerprint density at radius 1 is 1.50 bits per heavy atom. The molecule has 88 valence electrons. The van der Waals surface area contributed by atoms with Crippen molar-refractivity contribution < 1.29 is 24.1 Å². The van der Waals surface area contributed by atoms with Gasteiger partial charge in [-0.3, -0.25) is 4.79 Å². The van der Waals surface area contributed by atoms with Crippen molar-refractivity contribution in [2.45, 2.75) is 19.3 Å². The number of hydrogen-bond acceptors (Lipinski definition) is 3. The second-order valence-electron chi connectivity index (χ2n) is 3.38. The lowest BCUT2D eigenvalue weighted by Crippen LogP contribution is -1.97. The Bertz CT molecular complexity index is 390. The van der Waals surface area contributed by atoms with Crippen LogP contribution in [0.4, 0.5) is 4.39 Å². The molecule has 0 aliphatic heterocycles. The summed E-state index contributed by atoms with van der Waals surface area (Å²) < 4.78 is 18.0. The number of carboxylic acids is 1. The number of aliphatic carboxylic acids is 1. The van der Waals surface area contributed by atoms with Gasteiger partial charge in [0.1, 0.15) is 0 Å². The SMILES string of the molecule is COc1cc(CCCC(=O)O)cc(F)c1O. The molecule has 0 heterocycles. The van der Waals surface area contributed by atoms with Gasteiger partial charge in [-0.2, -0.15) is 0 Å². The van der Waals surface area contributed by atoms with Gasteiger partial charge in [-0.25, -0.2) is 4.39 Å². The Hall–Kier alpha value is -1.78. The number of carbonyl (C=O) groups is 1. The number of halogens is 1. The van der Waals surface area contributed by atoms with Crippen LogP contribution < -0.4 is 4.74 Å². The smallest absolute Gasteiger partial charge is 0.303 e. The maximum Gasteiger partial charge on any atom is 0.303 e. The van der Waals surface area contributed by atoms with E-state index in [0.29, 0.717) is 18.4 Å². The fourth-order valence-corrected chi connectivity index (χ4v) is 1.37. The summed E-state index contributed by atoms with van der Waals surface area (Å²) in [6.07, 6.45) is 0.882. The third-order valence-corrected chi connectivity index (χ3v) is 2.16. The average Bonchev–Trinajstić information content (AvgIpc) is 2.22. The minimum Gasteiger partial charge on any atom is -0.502 e. The summed E-state index contributed by atoms with van der Waals surface area (Å²) in [6, 6.07) is 2.68. The second kappa shape index (κ2) is 5.34. The van der Waals surface area contributed by atoms with Gasteiger partial charge in [0.15, 0.2) is 17.3 Å². The van der Waals surface area contributed by atoms with Gasteiger partial charge < -0.3 is 14.9 Å². The van der Waals surface area contributed by atoms with Crippen LogP contribution in [0.25, 0.3) is 0 Å². The number of phenolic OH excluding ortho intramolecular Hbond substituents is 1. The summed E-state index contributed by atoms with van der Waals surface area (Å²) in [6.45, 7) is 0. The highest BCUT2D eigenvalue weighted by Gasteiger charge is 2.10. The molecule has 2 N–H and O–H groups in total. The van der Waals surface area contributed by atoms with Gasteiger partial charge in [0.25, 0.3) is 0 Å². The van der Waals surface area contributed by atoms with Crippen LogP contribution in [0.1, 0.15) is 18.4 Å². The van der Waals surface area contributed by atoms with Crippen LogP contribution in [-0.4, -0.2) is 23.3 Å². The van der Waals surface area contributed by atoms with Gasteiger partial charge in [-0.05, 0) is 30.5 Å². The van der Waals surface area contributed by atoms with Gasteiger partial charge in [0.2, 0.25) is 0 Å². The van der Waals surface area contributed by atoms with Crippen molar-refractivity contribution in [3.05, 3.63) is 23.5 Å². The zero-order valence-corrected chi connectivity index (χ0v) is 8.86. The molecule has 0 aromatic heterocycles. The minimum atomic E-state index is -0.883. The van der Waals surface area contributed by atoms with Gasteiger partial charge in [-0.15, -0.1) is 0 Å². The molecule has 0 saturated carbocycles. The van der Waals surface area contributed by atoms with E-state index in [2.05, 4.69) is 0 Å². The van der Waals surface area contributed by atoms with Crippen LogP contribution in [0, 0.1) is 5.82 Å². The quantitative estimate of drug-likeness (QED) is 0.808. The Balaban J connectivity index is 2.74. The van der Waals surface area contributed by atoms with E-state index >= 15 is 0 Å². The highest BCUT2D eigenvalue weighted by atomic mass is 19.1. The van der Waals surface area contributed by atoms with Crippen LogP contribution in [-0.2, 0) is 11.2 Å². The molecule has 0 spiro atoms. The van der Waals surface area contributed by atoms with E-state index in [-0.39, 0.29) is 12.2 Å². The van der Waals surface area contributed by atoms with Gasteiger partial charge in [-0.1, -0.05) is 0 Å². The van der Waals surface area contributed by atoms with Crippen molar-refractivity contribution in [2.75, 3.05) is 7.11 Å². The topological polar surface area (TPSA) is 66.8 Å².